The van der Waals surface area contributed by atoms with E-state index in [2.05, 4.69) is 20.1 Å². The Labute approximate surface area is 204 Å². The summed E-state index contributed by atoms with van der Waals surface area (Å²) in [6, 6.07) is 2.21. The predicted octanol–water partition coefficient (Wildman–Crippen LogP) is 6.02. The molecule has 0 atom stereocenters. The molecule has 0 unspecified atom stereocenters. The molecular formula is C24H26F5N5O2. The van der Waals surface area contributed by atoms with Gasteiger partial charge in [-0.05, 0) is 31.6 Å². The molecule has 4 rings (SSSR count). The number of aromatic nitrogens is 4. The van der Waals surface area contributed by atoms with Crippen LogP contribution in [0.2, 0.25) is 0 Å². The van der Waals surface area contributed by atoms with E-state index in [-0.39, 0.29) is 23.1 Å². The summed E-state index contributed by atoms with van der Waals surface area (Å²) >= 11 is 0. The molecule has 1 saturated heterocycles. The molecule has 0 N–H and O–H groups in total. The minimum Gasteiger partial charge on any atom is -0.493 e. The van der Waals surface area contributed by atoms with Crippen LogP contribution in [0.1, 0.15) is 56.9 Å². The molecule has 0 aliphatic carbocycles. The highest BCUT2D eigenvalue weighted by Gasteiger charge is 2.32. The summed E-state index contributed by atoms with van der Waals surface area (Å²) in [5, 5.41) is 3.66. The summed E-state index contributed by atoms with van der Waals surface area (Å²) in [6.07, 6.45) is 0.362. The molecule has 1 aromatic carbocycles. The van der Waals surface area contributed by atoms with E-state index in [4.69, 9.17) is 9.26 Å². The van der Waals surface area contributed by atoms with Crippen molar-refractivity contribution >= 4 is 5.95 Å². The van der Waals surface area contributed by atoms with E-state index in [0.717, 1.165) is 43.8 Å². The second-order valence-electron chi connectivity index (χ2n) is 9.06. The van der Waals surface area contributed by atoms with Gasteiger partial charge in [-0.15, -0.1) is 0 Å². The van der Waals surface area contributed by atoms with Crippen molar-refractivity contribution in [1.82, 2.24) is 20.1 Å². The van der Waals surface area contributed by atoms with Crippen molar-refractivity contribution in [2.24, 2.45) is 5.92 Å². The second kappa shape index (κ2) is 10.8. The maximum Gasteiger partial charge on any atom is 0.419 e. The number of hydrogen-bond donors (Lipinski definition) is 0. The number of benzene rings is 1. The lowest BCUT2D eigenvalue weighted by atomic mass is 9.92. The Morgan fingerprint density at radius 2 is 1.72 bits per heavy atom. The van der Waals surface area contributed by atoms with E-state index in [0.29, 0.717) is 43.9 Å². The number of anilines is 1. The van der Waals surface area contributed by atoms with E-state index in [9.17, 15) is 22.0 Å². The van der Waals surface area contributed by atoms with Crippen LogP contribution in [0.15, 0.2) is 29.0 Å². The topological polar surface area (TPSA) is 77.2 Å². The molecule has 36 heavy (non-hydrogen) atoms. The van der Waals surface area contributed by atoms with Gasteiger partial charge in [0.2, 0.25) is 17.7 Å². The van der Waals surface area contributed by atoms with Crippen LogP contribution in [0.25, 0.3) is 11.4 Å². The summed E-state index contributed by atoms with van der Waals surface area (Å²) in [5.41, 5.74) is -1.23. The fraction of sp³-hybridized carbons (Fsp3) is 0.500. The number of nitrogens with zero attached hydrogens (tertiary/aromatic N) is 5. The molecule has 194 valence electrons. The first-order valence-electron chi connectivity index (χ1n) is 11.7. The van der Waals surface area contributed by atoms with Crippen molar-refractivity contribution < 1.29 is 31.2 Å². The third-order valence-electron chi connectivity index (χ3n) is 6.06. The number of ether oxygens (including phenoxy) is 1. The Morgan fingerprint density at radius 3 is 2.28 bits per heavy atom. The highest BCUT2D eigenvalue weighted by atomic mass is 19.4. The lowest BCUT2D eigenvalue weighted by molar-refractivity contribution is -0.138. The lowest BCUT2D eigenvalue weighted by Gasteiger charge is -2.32. The van der Waals surface area contributed by atoms with E-state index in [1.54, 1.807) is 0 Å². The molecule has 1 aliphatic rings. The molecule has 1 fully saturated rings. The fourth-order valence-corrected chi connectivity index (χ4v) is 4.03. The van der Waals surface area contributed by atoms with Gasteiger partial charge in [-0.2, -0.15) is 18.2 Å². The Bertz CT molecular complexity index is 1140. The summed E-state index contributed by atoms with van der Waals surface area (Å²) < 4.78 is 77.7. The summed E-state index contributed by atoms with van der Waals surface area (Å²) in [5.74, 6) is -0.809. The average molecular weight is 511 g/mol. The van der Waals surface area contributed by atoms with Gasteiger partial charge in [-0.25, -0.2) is 18.7 Å². The Morgan fingerprint density at radius 1 is 1.08 bits per heavy atom. The van der Waals surface area contributed by atoms with Crippen LogP contribution in [0, 0.1) is 17.6 Å². The van der Waals surface area contributed by atoms with Crippen LogP contribution in [-0.2, 0) is 6.18 Å². The Hall–Kier alpha value is -3.31. The van der Waals surface area contributed by atoms with Gasteiger partial charge < -0.3 is 14.2 Å². The van der Waals surface area contributed by atoms with E-state index in [1.807, 2.05) is 18.7 Å². The second-order valence-corrected chi connectivity index (χ2v) is 9.06. The molecular weight excluding hydrogens is 485 g/mol. The van der Waals surface area contributed by atoms with E-state index < -0.39 is 23.4 Å². The van der Waals surface area contributed by atoms with Crippen LogP contribution in [0.3, 0.4) is 0 Å². The molecule has 0 radical (unpaired) electrons. The Kier molecular flexibility index (Phi) is 7.70. The van der Waals surface area contributed by atoms with Crippen LogP contribution in [0.4, 0.5) is 27.9 Å². The van der Waals surface area contributed by atoms with Crippen LogP contribution in [0.5, 0.6) is 5.75 Å². The number of halogens is 5. The third kappa shape index (κ3) is 6.08. The van der Waals surface area contributed by atoms with Crippen molar-refractivity contribution in [1.29, 1.82) is 0 Å². The lowest BCUT2D eigenvalue weighted by Crippen LogP contribution is -2.35. The molecule has 12 heteroatoms. The van der Waals surface area contributed by atoms with Crippen molar-refractivity contribution in [2.75, 3.05) is 24.6 Å². The summed E-state index contributed by atoms with van der Waals surface area (Å²) in [7, 11) is 0. The van der Waals surface area contributed by atoms with Crippen molar-refractivity contribution in [3.8, 4) is 17.1 Å². The first-order chi connectivity index (χ1) is 17.1. The van der Waals surface area contributed by atoms with Crippen molar-refractivity contribution in [3.05, 3.63) is 47.6 Å². The molecule has 7 nitrogen and oxygen atoms in total. The maximum absolute atomic E-state index is 14.6. The first-order valence-corrected chi connectivity index (χ1v) is 11.7. The van der Waals surface area contributed by atoms with Gasteiger partial charge in [0.15, 0.2) is 0 Å². The zero-order valence-electron chi connectivity index (χ0n) is 19.9. The minimum absolute atomic E-state index is 0.0645. The predicted molar refractivity (Wildman–Crippen MR) is 120 cm³/mol. The zero-order chi connectivity index (χ0) is 25.9. The summed E-state index contributed by atoms with van der Waals surface area (Å²) in [4.78, 5) is 13.6. The molecule has 0 bridgehead atoms. The number of alkyl halides is 3. The van der Waals surface area contributed by atoms with Gasteiger partial charge in [0.25, 0.3) is 0 Å². The standard InChI is InChI=1S/C24H26F5N5O2/c1-14(2)22-32-21(33-36-22)20-18(25)10-17(11-19(20)26)35-9-3-4-15-5-7-34(8-6-15)23-30-12-16(13-31-23)24(27,28)29/h10-15H,3-9H2,1-2H3. The number of hydrogen-bond acceptors (Lipinski definition) is 7. The zero-order valence-corrected chi connectivity index (χ0v) is 19.9. The van der Waals surface area contributed by atoms with Crippen LogP contribution < -0.4 is 9.64 Å². The normalized spacial score (nSPS) is 15.1. The van der Waals surface area contributed by atoms with Gasteiger partial charge in [-0.3, -0.25) is 0 Å². The fourth-order valence-electron chi connectivity index (χ4n) is 4.03. The summed E-state index contributed by atoms with van der Waals surface area (Å²) in [6.45, 7) is 5.24. The van der Waals surface area contributed by atoms with Gasteiger partial charge in [0.1, 0.15) is 17.4 Å². The molecule has 2 aromatic heterocycles. The molecule has 0 amide bonds. The van der Waals surface area contributed by atoms with Gasteiger partial charge in [0.05, 0.1) is 17.7 Å². The average Bonchev–Trinajstić information content (AvgIpc) is 3.31. The van der Waals surface area contributed by atoms with Crippen molar-refractivity contribution in [3.63, 3.8) is 0 Å². The van der Waals surface area contributed by atoms with Gasteiger partial charge >= 0.3 is 6.18 Å². The minimum atomic E-state index is -4.46. The first kappa shape index (κ1) is 25.8. The smallest absolute Gasteiger partial charge is 0.419 e. The van der Waals surface area contributed by atoms with E-state index in [1.165, 1.54) is 0 Å². The molecule has 3 heterocycles. The molecule has 0 saturated carbocycles. The number of piperidine rings is 1. The quantitative estimate of drug-likeness (QED) is 0.270. The third-order valence-corrected chi connectivity index (χ3v) is 6.06. The highest BCUT2D eigenvalue weighted by Crippen LogP contribution is 2.31. The maximum atomic E-state index is 14.6. The molecule has 3 aromatic rings. The van der Waals surface area contributed by atoms with Crippen LogP contribution in [-0.4, -0.2) is 39.8 Å². The Balaban J connectivity index is 1.23. The highest BCUT2D eigenvalue weighted by molar-refractivity contribution is 5.58. The van der Waals surface area contributed by atoms with Gasteiger partial charge in [-0.1, -0.05) is 19.0 Å². The monoisotopic (exact) mass is 511 g/mol. The van der Waals surface area contributed by atoms with Crippen molar-refractivity contribution in [2.45, 2.75) is 51.6 Å². The molecule has 1 aliphatic heterocycles. The SMILES string of the molecule is CC(C)c1nc(-c2c(F)cc(OCCCC3CCN(c4ncc(C(F)(F)F)cn4)CC3)cc2F)no1. The molecule has 0 spiro atoms. The van der Waals surface area contributed by atoms with E-state index >= 15 is 0 Å². The number of rotatable bonds is 8. The van der Waals surface area contributed by atoms with Crippen LogP contribution >= 0.6 is 0 Å². The van der Waals surface area contributed by atoms with Gasteiger partial charge in [0, 0.05) is 43.5 Å². The largest absolute Gasteiger partial charge is 0.493 e.